The minimum absolute atomic E-state index is 0. The maximum Gasteiger partial charge on any atom is 0.337 e. The Labute approximate surface area is 397 Å². The van der Waals surface area contributed by atoms with Crippen LogP contribution in [0.5, 0.6) is 0 Å². The van der Waals surface area contributed by atoms with Crippen LogP contribution in [0, 0.1) is 42.7 Å². The largest absolute Gasteiger partial charge is 0.478 e. The molecule has 2 fully saturated rings. The molecule has 0 spiro atoms. The van der Waals surface area contributed by atoms with E-state index >= 15 is 0 Å². The van der Waals surface area contributed by atoms with Crippen LogP contribution in [0.25, 0.3) is 21.8 Å². The van der Waals surface area contributed by atoms with Crippen LogP contribution in [0.1, 0.15) is 74.4 Å². The maximum absolute atomic E-state index is 13.2. The smallest absolute Gasteiger partial charge is 0.337 e. The predicted molar refractivity (Wildman–Crippen MR) is 246 cm³/mol. The monoisotopic (exact) mass is 1100 g/mol. The Morgan fingerprint density at radius 1 is 0.721 bits per heavy atom. The van der Waals surface area contributed by atoms with Gasteiger partial charge in [-0.1, -0.05) is 62.3 Å². The number of nitrogens with one attached hydrogen (secondary N) is 3. The van der Waals surface area contributed by atoms with Crippen molar-refractivity contribution < 1.29 is 54.6 Å². The van der Waals surface area contributed by atoms with Crippen LogP contribution in [0.15, 0.2) is 97.3 Å². The van der Waals surface area contributed by atoms with Crippen LogP contribution in [0.3, 0.4) is 0 Å². The molecule has 0 aliphatic carbocycles. The first-order valence-electron chi connectivity index (χ1n) is 20.2. The number of nitrogens with zero attached hydrogens (tertiary/aromatic N) is 3. The molecule has 2 aliphatic heterocycles. The van der Waals surface area contributed by atoms with Crippen molar-refractivity contribution in [3.8, 4) is 0 Å². The molecule has 1 amide bonds. The molecular formula is C46H58BCl2F2N6O3U. The number of carboxylic acid groups (broad SMARTS) is 1. The average molecular weight is 1100 g/mol. The van der Waals surface area contributed by atoms with Crippen molar-refractivity contribution in [2.24, 2.45) is 0 Å². The fourth-order valence-corrected chi connectivity index (χ4v) is 7.79. The first-order chi connectivity index (χ1) is 28.7. The van der Waals surface area contributed by atoms with Gasteiger partial charge in [-0.25, -0.2) is 13.6 Å². The topological polar surface area (TPSA) is 108 Å². The van der Waals surface area contributed by atoms with E-state index in [0.717, 1.165) is 60.1 Å². The standard InChI is InChI=1S/C22H23ClFN3O.C13H19FN2.C9H6ClNO2.2CH4.BH2.U/c1-14-12-27(15(2)11-26(14)13-16-3-5-18(24)6-4-16)22(28)19-9-17-7-8-25-21(17)10-20(19)23;1-10-8-16(11(2)7-15-10)9-12-3-5-13(14)6-4-12;10-7-4-8-5(1-2-11-8)3-6(7)9(12)13;;;;/h3-10,14-15,25H,11-13H2,1-2H3;3-6,10-11,15H,7-9H2,1-2H3;1-4,11H,(H,12,13);2*1H4;1H2;/t14-,15+;10-,11+;;;;;/m01...../s1/i;;;;;1T2;. The predicted octanol–water partition coefficient (Wildman–Crippen LogP) is 9.58. The van der Waals surface area contributed by atoms with E-state index in [1.165, 1.54) is 29.8 Å². The minimum Gasteiger partial charge on any atom is -0.478 e. The first-order valence-corrected chi connectivity index (χ1v) is 19.8. The Hall–Kier alpha value is -3.66. The Bertz CT molecular complexity index is 2340. The van der Waals surface area contributed by atoms with Crippen LogP contribution >= 0.6 is 23.2 Å². The van der Waals surface area contributed by atoms with Gasteiger partial charge in [0.25, 0.3) is 5.91 Å². The second kappa shape index (κ2) is 24.3. The zero-order valence-corrected chi connectivity index (χ0v) is 39.2. The number of benzene rings is 4. The third-order valence-corrected chi connectivity index (χ3v) is 11.2. The molecule has 8 rings (SSSR count). The molecule has 6 aromatic rings. The molecule has 2 aliphatic rings. The van der Waals surface area contributed by atoms with Gasteiger partial charge < -0.3 is 25.3 Å². The molecule has 2 aromatic heterocycles. The second-order valence-electron chi connectivity index (χ2n) is 15.0. The Kier molecular flexibility index (Phi) is 19.9. The van der Waals surface area contributed by atoms with Crippen molar-refractivity contribution in [3.63, 3.8) is 0 Å². The van der Waals surface area contributed by atoms with E-state index in [0.29, 0.717) is 37.6 Å². The van der Waals surface area contributed by atoms with Gasteiger partial charge in [0.1, 0.15) is 11.6 Å². The number of H-pyrrole nitrogens is 2. The van der Waals surface area contributed by atoms with Crippen LogP contribution in [-0.2, 0) is 13.1 Å². The van der Waals surface area contributed by atoms with E-state index < -0.39 is 5.97 Å². The molecule has 4 aromatic carbocycles. The van der Waals surface area contributed by atoms with Gasteiger partial charge in [-0.2, -0.15) is 0 Å². The van der Waals surface area contributed by atoms with Gasteiger partial charge in [-0.15, -0.1) is 0 Å². The molecule has 0 bridgehead atoms. The Balaban J connectivity index is 0.000000333. The molecule has 61 heavy (non-hydrogen) atoms. The van der Waals surface area contributed by atoms with E-state index in [2.05, 4.69) is 52.8 Å². The van der Waals surface area contributed by atoms with Crippen molar-refractivity contribution in [1.82, 2.24) is 30.0 Å². The summed E-state index contributed by atoms with van der Waals surface area (Å²) in [6.07, 6.45) is 3.58. The fourth-order valence-electron chi connectivity index (χ4n) is 7.30. The molecule has 4 heterocycles. The number of rotatable bonds is 6. The molecule has 1 radical (unpaired) electrons. The van der Waals surface area contributed by atoms with Gasteiger partial charge in [0, 0.05) is 129 Å². The Morgan fingerprint density at radius 2 is 1.18 bits per heavy atom. The zero-order valence-electron chi connectivity index (χ0n) is 35.5. The minimum atomic E-state index is -1.01. The van der Waals surface area contributed by atoms with Crippen LogP contribution < -0.4 is 5.32 Å². The molecule has 0 unspecified atom stereocenters. The summed E-state index contributed by atoms with van der Waals surface area (Å²) in [4.78, 5) is 36.7. The second-order valence-corrected chi connectivity index (χ2v) is 15.8. The molecule has 15 heteroatoms. The number of aromatic amines is 2. The number of aromatic carboxylic acids is 1. The van der Waals surface area contributed by atoms with E-state index in [-0.39, 0.29) is 86.2 Å². The van der Waals surface area contributed by atoms with Gasteiger partial charge in [0.05, 0.1) is 29.5 Å². The molecule has 4 atom stereocenters. The summed E-state index contributed by atoms with van der Waals surface area (Å²) >= 11 is 12.2. The van der Waals surface area contributed by atoms with E-state index in [4.69, 9.17) is 31.0 Å². The molecule has 0 saturated carbocycles. The van der Waals surface area contributed by atoms with Crippen molar-refractivity contribution in [2.75, 3.05) is 26.2 Å². The number of aromatic nitrogens is 2. The van der Waals surface area contributed by atoms with Crippen LogP contribution in [0.2, 0.25) is 10.0 Å². The van der Waals surface area contributed by atoms with Crippen molar-refractivity contribution in [1.29, 1.82) is 2.67 Å². The number of piperazine rings is 2. The van der Waals surface area contributed by atoms with Gasteiger partial charge >= 0.3 is 5.97 Å². The molecule has 325 valence electrons. The van der Waals surface area contributed by atoms with Gasteiger partial charge in [0.2, 0.25) is 0 Å². The first kappa shape index (κ1) is 50.0. The van der Waals surface area contributed by atoms with Gasteiger partial charge in [0.15, 0.2) is 0 Å². The number of hydrogen-bond donors (Lipinski definition) is 4. The quantitative estimate of drug-likeness (QED) is 0.124. The average Bonchev–Trinajstić information content (AvgIpc) is 3.88. The van der Waals surface area contributed by atoms with Crippen molar-refractivity contribution >= 4 is 65.2 Å². The van der Waals surface area contributed by atoms with Crippen LogP contribution in [0.4, 0.5) is 8.78 Å². The zero-order chi connectivity index (χ0) is 43.5. The van der Waals surface area contributed by atoms with E-state index in [1.54, 1.807) is 24.4 Å². The van der Waals surface area contributed by atoms with Crippen LogP contribution in [-0.4, -0.2) is 103 Å². The summed E-state index contributed by atoms with van der Waals surface area (Å²) in [5.41, 5.74) is 4.69. The third kappa shape index (κ3) is 13.9. The normalized spacial score (nSPS) is 19.0. The van der Waals surface area contributed by atoms with E-state index in [9.17, 15) is 18.4 Å². The SMILES string of the molecule is C.C.C[C@@H]1CN(Cc2ccc(F)cc2)[C@@H](C)CN1.C[C@@H]1CN(Cc2ccc(F)cc2)[C@@H](C)CN1C(=O)c1cc2cc[nH]c2cc1Cl.O=C(O)c1cc2cc[nH]c2cc1Cl.[3H][B][3H].[U]. The summed E-state index contributed by atoms with van der Waals surface area (Å²) in [6.45, 7) is 13.7. The summed E-state index contributed by atoms with van der Waals surface area (Å²) in [5.74, 6) is -1.43. The number of halogens is 4. The van der Waals surface area contributed by atoms with Gasteiger partial charge in [-0.05, 0) is 102 Å². The molecule has 4 N–H and O–H groups in total. The van der Waals surface area contributed by atoms with E-state index in [1.807, 2.05) is 53.6 Å². The molecular weight excluding hydrogens is 1040 g/mol. The Morgan fingerprint density at radius 3 is 1.67 bits per heavy atom. The summed E-state index contributed by atoms with van der Waals surface area (Å²) in [6, 6.07) is 25.3. The maximum atomic E-state index is 13.2. The summed E-state index contributed by atoms with van der Waals surface area (Å²) in [5, 5.41) is 14.8. The third-order valence-electron chi connectivity index (χ3n) is 10.6. The summed E-state index contributed by atoms with van der Waals surface area (Å²) in [7, 11) is 0.500. The molecule has 9 nitrogen and oxygen atoms in total. The number of carboxylic acids is 1. The number of carbonyl (C=O) groups is 2. The van der Waals surface area contributed by atoms with Crippen molar-refractivity contribution in [2.45, 2.75) is 79.8 Å². The van der Waals surface area contributed by atoms with Gasteiger partial charge in [-0.3, -0.25) is 14.6 Å². The number of amides is 1. The fraction of sp³-hybridized carbons (Fsp3) is 0.348. The molecule has 2 saturated heterocycles. The van der Waals surface area contributed by atoms with Crippen molar-refractivity contribution in [3.05, 3.63) is 141 Å². The summed E-state index contributed by atoms with van der Waals surface area (Å²) < 4.78 is 37.4. The number of fused-ring (bicyclic) bond motifs is 2. The number of hydrogen-bond acceptors (Lipinski definition) is 5. The number of carbonyl (C=O) groups excluding carboxylic acids is 1.